The van der Waals surface area contributed by atoms with Gasteiger partial charge in [0.05, 0.1) is 6.61 Å². The van der Waals surface area contributed by atoms with Gasteiger partial charge in [0, 0.05) is 20.2 Å². The van der Waals surface area contributed by atoms with Crippen molar-refractivity contribution in [1.82, 2.24) is 4.90 Å². The Hall–Kier alpha value is -0.610. The van der Waals surface area contributed by atoms with E-state index in [1.54, 1.807) is 19.1 Å². The van der Waals surface area contributed by atoms with Gasteiger partial charge in [-0.2, -0.15) is 0 Å². The van der Waals surface area contributed by atoms with E-state index in [9.17, 15) is 4.79 Å². The second-order valence-electron chi connectivity index (χ2n) is 3.48. The molecule has 1 atom stereocenters. The second-order valence-corrected chi connectivity index (χ2v) is 3.48. The summed E-state index contributed by atoms with van der Waals surface area (Å²) in [4.78, 5) is 13.4. The normalized spacial score (nSPS) is 13.0. The molecule has 0 fully saturated rings. The molecule has 4 nitrogen and oxygen atoms in total. The van der Waals surface area contributed by atoms with Crippen LogP contribution in [-0.2, 0) is 9.53 Å². The zero-order valence-electron chi connectivity index (χ0n) is 9.62. The van der Waals surface area contributed by atoms with Gasteiger partial charge in [-0.25, -0.2) is 0 Å². The molecule has 0 aliphatic rings. The predicted molar refractivity (Wildman–Crippen MR) is 57.0 cm³/mol. The van der Waals surface area contributed by atoms with Crippen molar-refractivity contribution < 1.29 is 9.53 Å². The molecule has 0 saturated heterocycles. The summed E-state index contributed by atoms with van der Waals surface area (Å²) in [7, 11) is 3.35. The van der Waals surface area contributed by atoms with Crippen molar-refractivity contribution in [2.45, 2.75) is 38.8 Å². The third-order valence-corrected chi connectivity index (χ3v) is 2.50. The number of hydrogen-bond donors (Lipinski definition) is 1. The van der Waals surface area contributed by atoms with Gasteiger partial charge in [-0.05, 0) is 12.8 Å². The van der Waals surface area contributed by atoms with Crippen LogP contribution in [0.2, 0.25) is 0 Å². The summed E-state index contributed by atoms with van der Waals surface area (Å²) >= 11 is 0. The first-order valence-corrected chi connectivity index (χ1v) is 5.09. The molecule has 0 spiro atoms. The van der Waals surface area contributed by atoms with E-state index >= 15 is 0 Å². The van der Waals surface area contributed by atoms with Gasteiger partial charge < -0.3 is 15.4 Å². The molecule has 1 unspecified atom stereocenters. The highest BCUT2D eigenvalue weighted by molar-refractivity contribution is 5.81. The average molecular weight is 202 g/mol. The SMILES string of the molecule is CCC(CC)N(C)C(=O)C(N)COC. The van der Waals surface area contributed by atoms with Gasteiger partial charge in [0.1, 0.15) is 6.04 Å². The van der Waals surface area contributed by atoms with Crippen LogP contribution in [0.4, 0.5) is 0 Å². The van der Waals surface area contributed by atoms with E-state index in [1.165, 1.54) is 0 Å². The Morgan fingerprint density at radius 1 is 1.43 bits per heavy atom. The van der Waals surface area contributed by atoms with Gasteiger partial charge in [-0.3, -0.25) is 4.79 Å². The molecule has 84 valence electrons. The molecule has 0 aliphatic heterocycles. The first-order valence-electron chi connectivity index (χ1n) is 5.09. The Kier molecular flexibility index (Phi) is 6.49. The van der Waals surface area contributed by atoms with Crippen molar-refractivity contribution in [3.8, 4) is 0 Å². The second kappa shape index (κ2) is 6.79. The lowest BCUT2D eigenvalue weighted by molar-refractivity contribution is -0.134. The van der Waals surface area contributed by atoms with Crippen molar-refractivity contribution >= 4 is 5.91 Å². The maximum atomic E-state index is 11.7. The summed E-state index contributed by atoms with van der Waals surface area (Å²) in [5.74, 6) is -0.0412. The maximum absolute atomic E-state index is 11.7. The number of amides is 1. The Morgan fingerprint density at radius 2 is 1.93 bits per heavy atom. The van der Waals surface area contributed by atoms with Gasteiger partial charge in [0.25, 0.3) is 0 Å². The Bertz CT molecular complexity index is 170. The van der Waals surface area contributed by atoms with Gasteiger partial charge in [-0.1, -0.05) is 13.8 Å². The van der Waals surface area contributed by atoms with Crippen molar-refractivity contribution in [2.24, 2.45) is 5.73 Å². The smallest absolute Gasteiger partial charge is 0.241 e. The van der Waals surface area contributed by atoms with Crippen LogP contribution >= 0.6 is 0 Å². The third-order valence-electron chi connectivity index (χ3n) is 2.50. The molecular weight excluding hydrogens is 180 g/mol. The monoisotopic (exact) mass is 202 g/mol. The number of carbonyl (C=O) groups is 1. The molecule has 2 N–H and O–H groups in total. The zero-order chi connectivity index (χ0) is 11.1. The molecule has 14 heavy (non-hydrogen) atoms. The van der Waals surface area contributed by atoms with Crippen LogP contribution in [0.3, 0.4) is 0 Å². The van der Waals surface area contributed by atoms with E-state index in [-0.39, 0.29) is 18.6 Å². The number of rotatable bonds is 6. The highest BCUT2D eigenvalue weighted by atomic mass is 16.5. The van der Waals surface area contributed by atoms with E-state index in [4.69, 9.17) is 10.5 Å². The zero-order valence-corrected chi connectivity index (χ0v) is 9.62. The number of nitrogens with zero attached hydrogens (tertiary/aromatic N) is 1. The number of ether oxygens (including phenoxy) is 1. The van der Waals surface area contributed by atoms with Gasteiger partial charge in [0.2, 0.25) is 5.91 Å². The molecule has 0 rings (SSSR count). The third kappa shape index (κ3) is 3.64. The highest BCUT2D eigenvalue weighted by Gasteiger charge is 2.22. The van der Waals surface area contributed by atoms with E-state index in [2.05, 4.69) is 13.8 Å². The molecule has 0 aromatic rings. The quantitative estimate of drug-likeness (QED) is 0.686. The molecule has 0 bridgehead atoms. The highest BCUT2D eigenvalue weighted by Crippen LogP contribution is 2.07. The molecule has 4 heteroatoms. The Balaban J connectivity index is 4.21. The number of nitrogens with two attached hydrogens (primary N) is 1. The largest absolute Gasteiger partial charge is 0.383 e. The summed E-state index contributed by atoms with van der Waals surface area (Å²) in [6.07, 6.45) is 1.91. The Morgan fingerprint density at radius 3 is 2.29 bits per heavy atom. The summed E-state index contributed by atoms with van der Waals surface area (Å²) in [5.41, 5.74) is 5.66. The van der Waals surface area contributed by atoms with Gasteiger partial charge in [0.15, 0.2) is 0 Å². The minimum absolute atomic E-state index is 0.0412. The molecule has 0 heterocycles. The van der Waals surface area contributed by atoms with Crippen LogP contribution in [0.1, 0.15) is 26.7 Å². The molecule has 1 amide bonds. The first-order chi connectivity index (χ1) is 6.58. The number of likely N-dealkylation sites (N-methyl/N-ethyl adjacent to an activating group) is 1. The van der Waals surface area contributed by atoms with E-state index in [1.807, 2.05) is 0 Å². The fourth-order valence-corrected chi connectivity index (χ4v) is 1.53. The van der Waals surface area contributed by atoms with Crippen LogP contribution in [0.5, 0.6) is 0 Å². The minimum atomic E-state index is -0.536. The Labute approximate surface area is 86.4 Å². The lowest BCUT2D eigenvalue weighted by Gasteiger charge is -2.28. The minimum Gasteiger partial charge on any atom is -0.383 e. The average Bonchev–Trinajstić information content (AvgIpc) is 2.18. The van der Waals surface area contributed by atoms with Crippen LogP contribution in [-0.4, -0.2) is 43.7 Å². The van der Waals surface area contributed by atoms with Crippen molar-refractivity contribution in [3.05, 3.63) is 0 Å². The molecule has 0 aliphatic carbocycles. The molecule has 0 radical (unpaired) electrons. The summed E-state index contributed by atoms with van der Waals surface area (Å²) in [5, 5.41) is 0. The summed E-state index contributed by atoms with van der Waals surface area (Å²) in [6, 6.07) is -0.254. The number of methoxy groups -OCH3 is 1. The van der Waals surface area contributed by atoms with E-state index in [0.717, 1.165) is 12.8 Å². The van der Waals surface area contributed by atoms with Crippen molar-refractivity contribution in [2.75, 3.05) is 20.8 Å². The lowest BCUT2D eigenvalue weighted by atomic mass is 10.1. The topological polar surface area (TPSA) is 55.6 Å². The summed E-state index contributed by atoms with van der Waals surface area (Å²) in [6.45, 7) is 4.42. The van der Waals surface area contributed by atoms with Crippen molar-refractivity contribution in [3.63, 3.8) is 0 Å². The molecule has 0 aromatic heterocycles. The van der Waals surface area contributed by atoms with Gasteiger partial charge in [-0.15, -0.1) is 0 Å². The van der Waals surface area contributed by atoms with E-state index < -0.39 is 6.04 Å². The number of hydrogen-bond acceptors (Lipinski definition) is 3. The maximum Gasteiger partial charge on any atom is 0.241 e. The van der Waals surface area contributed by atoms with Gasteiger partial charge >= 0.3 is 0 Å². The summed E-state index contributed by atoms with van der Waals surface area (Å²) < 4.78 is 4.85. The van der Waals surface area contributed by atoms with Crippen LogP contribution in [0, 0.1) is 0 Å². The standard InChI is InChI=1S/C10H22N2O2/c1-5-8(6-2)12(3)10(13)9(11)7-14-4/h8-9H,5-7,11H2,1-4H3. The first kappa shape index (κ1) is 13.4. The van der Waals surface area contributed by atoms with E-state index in [0.29, 0.717) is 0 Å². The number of carbonyl (C=O) groups excluding carboxylic acids is 1. The molecule has 0 aromatic carbocycles. The predicted octanol–water partition coefficient (Wildman–Crippen LogP) is 0.607. The fourth-order valence-electron chi connectivity index (χ4n) is 1.53. The molecular formula is C10H22N2O2. The molecule has 0 saturated carbocycles. The van der Waals surface area contributed by atoms with Crippen LogP contribution < -0.4 is 5.73 Å². The van der Waals surface area contributed by atoms with Crippen molar-refractivity contribution in [1.29, 1.82) is 0 Å². The fraction of sp³-hybridized carbons (Fsp3) is 0.900. The van der Waals surface area contributed by atoms with Crippen LogP contribution in [0.25, 0.3) is 0 Å². The van der Waals surface area contributed by atoms with Crippen LogP contribution in [0.15, 0.2) is 0 Å². The lowest BCUT2D eigenvalue weighted by Crippen LogP contribution is -2.48.